The molecule has 0 aliphatic carbocycles. The van der Waals surface area contributed by atoms with Crippen LogP contribution in [0.1, 0.15) is 82.1 Å². The molecule has 1 rings (SSSR count). The number of rotatable bonds is 9. The van der Waals surface area contributed by atoms with Crippen LogP contribution < -0.4 is 0 Å². The molecule has 11 heteroatoms. The third-order valence-electron chi connectivity index (χ3n) is 6.12. The van der Waals surface area contributed by atoms with Gasteiger partial charge in [-0.1, -0.05) is 0 Å². The van der Waals surface area contributed by atoms with Crippen LogP contribution in [0.5, 0.6) is 0 Å². The standard InChI is InChI=1S/C29H53N3O8/c1-21(25(35)39-28(5,6)7)31-16-14-30(20-24(34)38-27(2,3)4)15-17-32(19-18-31)22(12-13-23(33)37-11)26(36)40-29(8,9)10/h21-22H,12-20H2,1-11H3. The Morgan fingerprint density at radius 3 is 1.60 bits per heavy atom. The van der Waals surface area contributed by atoms with Crippen molar-refractivity contribution in [2.45, 2.75) is 111 Å². The summed E-state index contributed by atoms with van der Waals surface area (Å²) < 4.78 is 21.7. The molecule has 1 saturated heterocycles. The third-order valence-corrected chi connectivity index (χ3v) is 6.12. The molecule has 1 aliphatic heterocycles. The molecule has 0 aromatic rings. The number of hydrogen-bond donors (Lipinski definition) is 0. The molecule has 0 spiro atoms. The van der Waals surface area contributed by atoms with Gasteiger partial charge in [0, 0.05) is 45.7 Å². The Kier molecular flexibility index (Phi) is 13.5. The summed E-state index contributed by atoms with van der Waals surface area (Å²) in [5, 5.41) is 0. The molecule has 40 heavy (non-hydrogen) atoms. The predicted molar refractivity (Wildman–Crippen MR) is 152 cm³/mol. The van der Waals surface area contributed by atoms with Gasteiger partial charge in [0.2, 0.25) is 0 Å². The molecule has 0 radical (unpaired) electrons. The Morgan fingerprint density at radius 1 is 0.650 bits per heavy atom. The molecule has 0 saturated carbocycles. The van der Waals surface area contributed by atoms with Crippen molar-refractivity contribution in [2.75, 3.05) is 52.9 Å². The zero-order valence-electron chi connectivity index (χ0n) is 26.6. The Hall–Kier alpha value is -2.24. The van der Waals surface area contributed by atoms with Crippen molar-refractivity contribution in [1.29, 1.82) is 0 Å². The summed E-state index contributed by atoms with van der Waals surface area (Å²) in [5.41, 5.74) is -1.95. The minimum absolute atomic E-state index is 0.0521. The van der Waals surface area contributed by atoms with Crippen LogP contribution in [-0.4, -0.2) is 120 Å². The van der Waals surface area contributed by atoms with Crippen LogP contribution >= 0.6 is 0 Å². The number of esters is 4. The van der Waals surface area contributed by atoms with Crippen LogP contribution in [0.15, 0.2) is 0 Å². The minimum Gasteiger partial charge on any atom is -0.469 e. The fraction of sp³-hybridized carbons (Fsp3) is 0.862. The largest absolute Gasteiger partial charge is 0.469 e. The van der Waals surface area contributed by atoms with E-state index in [0.29, 0.717) is 39.3 Å². The second-order valence-electron chi connectivity index (χ2n) is 13.3. The van der Waals surface area contributed by atoms with E-state index in [1.807, 2.05) is 56.2 Å². The third kappa shape index (κ3) is 14.4. The van der Waals surface area contributed by atoms with Crippen LogP contribution in [-0.2, 0) is 38.1 Å². The van der Waals surface area contributed by atoms with Gasteiger partial charge in [-0.05, 0) is 75.7 Å². The monoisotopic (exact) mass is 571 g/mol. The molecule has 0 aromatic heterocycles. The average molecular weight is 572 g/mol. The van der Waals surface area contributed by atoms with Crippen LogP contribution in [0.25, 0.3) is 0 Å². The van der Waals surface area contributed by atoms with Gasteiger partial charge in [-0.25, -0.2) is 0 Å². The maximum Gasteiger partial charge on any atom is 0.323 e. The molecular formula is C29H53N3O8. The Bertz CT molecular complexity index is 857. The van der Waals surface area contributed by atoms with Crippen LogP contribution in [0.3, 0.4) is 0 Å². The highest BCUT2D eigenvalue weighted by molar-refractivity contribution is 5.78. The van der Waals surface area contributed by atoms with E-state index in [9.17, 15) is 19.2 Å². The van der Waals surface area contributed by atoms with Crippen molar-refractivity contribution in [3.8, 4) is 0 Å². The maximum atomic E-state index is 13.3. The zero-order chi connectivity index (χ0) is 30.9. The van der Waals surface area contributed by atoms with E-state index in [4.69, 9.17) is 18.9 Å². The number of carbonyl (C=O) groups is 4. The highest BCUT2D eigenvalue weighted by Crippen LogP contribution is 2.18. The van der Waals surface area contributed by atoms with Crippen molar-refractivity contribution in [3.63, 3.8) is 0 Å². The molecule has 0 amide bonds. The first-order valence-corrected chi connectivity index (χ1v) is 14.2. The first kappa shape index (κ1) is 35.8. The molecule has 1 heterocycles. The Morgan fingerprint density at radius 2 is 1.10 bits per heavy atom. The van der Waals surface area contributed by atoms with Gasteiger partial charge in [-0.2, -0.15) is 0 Å². The number of nitrogens with zero attached hydrogens (tertiary/aromatic N) is 3. The predicted octanol–water partition coefficient (Wildman–Crippen LogP) is 2.64. The van der Waals surface area contributed by atoms with Gasteiger partial charge in [0.05, 0.1) is 13.7 Å². The summed E-state index contributed by atoms with van der Waals surface area (Å²) in [7, 11) is 1.32. The van der Waals surface area contributed by atoms with E-state index in [1.165, 1.54) is 7.11 Å². The summed E-state index contributed by atoms with van der Waals surface area (Å²) >= 11 is 0. The quantitative estimate of drug-likeness (QED) is 0.300. The van der Waals surface area contributed by atoms with Crippen LogP contribution in [0, 0.1) is 0 Å². The Balaban J connectivity index is 3.29. The molecule has 0 bridgehead atoms. The van der Waals surface area contributed by atoms with Crippen LogP contribution in [0.4, 0.5) is 0 Å². The van der Waals surface area contributed by atoms with E-state index in [1.54, 1.807) is 27.7 Å². The second-order valence-corrected chi connectivity index (χ2v) is 13.3. The molecule has 2 unspecified atom stereocenters. The van der Waals surface area contributed by atoms with Crippen LogP contribution in [0.2, 0.25) is 0 Å². The molecule has 2 atom stereocenters. The van der Waals surface area contributed by atoms with Crippen molar-refractivity contribution < 1.29 is 38.1 Å². The molecule has 232 valence electrons. The Labute approximate surface area is 240 Å². The molecule has 11 nitrogen and oxygen atoms in total. The number of hydrogen-bond acceptors (Lipinski definition) is 11. The summed E-state index contributed by atoms with van der Waals surface area (Å²) in [6, 6.07) is -1.25. The van der Waals surface area contributed by atoms with Gasteiger partial charge >= 0.3 is 23.9 Å². The molecular weight excluding hydrogens is 518 g/mol. The first-order chi connectivity index (χ1) is 18.2. The van der Waals surface area contributed by atoms with E-state index < -0.39 is 40.8 Å². The fourth-order valence-electron chi connectivity index (χ4n) is 4.26. The maximum absolute atomic E-state index is 13.3. The van der Waals surface area contributed by atoms with Gasteiger partial charge in [0.15, 0.2) is 0 Å². The molecule has 0 aromatic carbocycles. The summed E-state index contributed by atoms with van der Waals surface area (Å²) in [6.07, 6.45) is 0.270. The lowest BCUT2D eigenvalue weighted by Crippen LogP contribution is -2.50. The van der Waals surface area contributed by atoms with Gasteiger partial charge < -0.3 is 18.9 Å². The lowest BCUT2D eigenvalue weighted by atomic mass is 10.1. The van der Waals surface area contributed by atoms with E-state index >= 15 is 0 Å². The molecule has 0 N–H and O–H groups in total. The highest BCUT2D eigenvalue weighted by atomic mass is 16.6. The van der Waals surface area contributed by atoms with Crippen molar-refractivity contribution in [2.24, 2.45) is 0 Å². The SMILES string of the molecule is COC(=O)CCC(C(=O)OC(C)(C)C)N1CCN(CC(=O)OC(C)(C)C)CCN(C(C)C(=O)OC(C)(C)C)CC1. The highest BCUT2D eigenvalue weighted by Gasteiger charge is 2.34. The fourth-order valence-corrected chi connectivity index (χ4v) is 4.26. The summed E-state index contributed by atoms with van der Waals surface area (Å²) in [5.74, 6) is -1.53. The average Bonchev–Trinajstić information content (AvgIpc) is 2.86. The lowest BCUT2D eigenvalue weighted by Gasteiger charge is -2.34. The number of carbonyl (C=O) groups excluding carboxylic acids is 4. The zero-order valence-corrected chi connectivity index (χ0v) is 26.6. The van der Waals surface area contributed by atoms with Crippen molar-refractivity contribution in [1.82, 2.24) is 14.7 Å². The van der Waals surface area contributed by atoms with Gasteiger partial charge in [0.1, 0.15) is 28.9 Å². The summed E-state index contributed by atoms with van der Waals surface area (Å²) in [4.78, 5) is 56.9. The smallest absolute Gasteiger partial charge is 0.323 e. The summed E-state index contributed by atoms with van der Waals surface area (Å²) in [6.45, 7) is 21.1. The van der Waals surface area contributed by atoms with Crippen molar-refractivity contribution >= 4 is 23.9 Å². The topological polar surface area (TPSA) is 115 Å². The van der Waals surface area contributed by atoms with E-state index in [0.717, 1.165) is 0 Å². The van der Waals surface area contributed by atoms with E-state index in [-0.39, 0.29) is 31.3 Å². The number of ether oxygens (including phenoxy) is 4. The van der Waals surface area contributed by atoms with Gasteiger partial charge in [-0.3, -0.25) is 33.9 Å². The lowest BCUT2D eigenvalue weighted by molar-refractivity contribution is -0.164. The number of methoxy groups -OCH3 is 1. The minimum atomic E-state index is -0.710. The van der Waals surface area contributed by atoms with Gasteiger partial charge in [0.25, 0.3) is 0 Å². The second kappa shape index (κ2) is 15.1. The van der Waals surface area contributed by atoms with Gasteiger partial charge in [-0.15, -0.1) is 0 Å². The van der Waals surface area contributed by atoms with Crippen molar-refractivity contribution in [3.05, 3.63) is 0 Å². The molecule has 1 fully saturated rings. The van der Waals surface area contributed by atoms with E-state index in [2.05, 4.69) is 0 Å². The molecule has 1 aliphatic rings. The first-order valence-electron chi connectivity index (χ1n) is 14.2. The normalized spacial score (nSPS) is 18.5.